The Kier molecular flexibility index (Phi) is 5.85. The fraction of sp³-hybridized carbons (Fsp3) is 0.350. The third kappa shape index (κ3) is 4.58. The summed E-state index contributed by atoms with van der Waals surface area (Å²) in [6.45, 7) is 0. The highest BCUT2D eigenvalue weighted by molar-refractivity contribution is 6.34. The first-order valence-corrected chi connectivity index (χ1v) is 10.1. The second-order valence-electron chi connectivity index (χ2n) is 7.75. The Bertz CT molecular complexity index is 1290. The standard InChI is InChI=1S/C20H13ClF8N4O2/c1-33-14(13(19(24,25)26)15(32-33)18(22,23)20(27,28)29)12-7-35-17(31-12)8-2-5-11(21)10(6-8)16(34)30-9-3-4-9/h2,5-7,9H,3-4H2,1H3,(H,30,34). The lowest BCUT2D eigenvalue weighted by Crippen LogP contribution is -2.36. The molecule has 1 amide bonds. The Labute approximate surface area is 195 Å². The van der Waals surface area contributed by atoms with Crippen LogP contribution in [0.15, 0.2) is 28.9 Å². The van der Waals surface area contributed by atoms with Crippen molar-refractivity contribution < 1.29 is 44.3 Å². The number of halogens is 9. The summed E-state index contributed by atoms with van der Waals surface area (Å²) in [5.41, 5.74) is -6.55. The highest BCUT2D eigenvalue weighted by Crippen LogP contribution is 2.50. The molecule has 0 bridgehead atoms. The van der Waals surface area contributed by atoms with Crippen molar-refractivity contribution in [3.8, 4) is 22.8 Å². The average molecular weight is 529 g/mol. The van der Waals surface area contributed by atoms with Crippen molar-refractivity contribution in [1.82, 2.24) is 20.1 Å². The molecule has 1 saturated carbocycles. The van der Waals surface area contributed by atoms with E-state index >= 15 is 0 Å². The molecular weight excluding hydrogens is 516 g/mol. The van der Waals surface area contributed by atoms with Crippen LogP contribution in [0, 0.1) is 0 Å². The molecule has 1 fully saturated rings. The van der Waals surface area contributed by atoms with Gasteiger partial charge in [-0.1, -0.05) is 11.6 Å². The molecule has 2 heterocycles. The van der Waals surface area contributed by atoms with Crippen LogP contribution in [0.1, 0.15) is 34.5 Å². The first kappa shape index (κ1) is 24.9. The predicted molar refractivity (Wildman–Crippen MR) is 105 cm³/mol. The third-order valence-corrected chi connectivity index (χ3v) is 5.43. The molecule has 1 aliphatic rings. The van der Waals surface area contributed by atoms with Crippen LogP contribution >= 0.6 is 11.6 Å². The Morgan fingerprint density at radius 1 is 1.14 bits per heavy atom. The maximum atomic E-state index is 13.9. The van der Waals surface area contributed by atoms with Gasteiger partial charge in [-0.15, -0.1) is 0 Å². The molecule has 0 spiro atoms. The largest absolute Gasteiger partial charge is 0.459 e. The molecule has 1 aromatic carbocycles. The predicted octanol–water partition coefficient (Wildman–Crippen LogP) is 5.96. The van der Waals surface area contributed by atoms with Gasteiger partial charge in [-0.25, -0.2) is 4.98 Å². The number of alkyl halides is 8. The molecule has 3 aromatic rings. The van der Waals surface area contributed by atoms with Crippen LogP contribution in [0.5, 0.6) is 0 Å². The molecule has 35 heavy (non-hydrogen) atoms. The van der Waals surface area contributed by atoms with Crippen molar-refractivity contribution in [2.45, 2.75) is 37.2 Å². The van der Waals surface area contributed by atoms with Gasteiger partial charge in [0.1, 0.15) is 23.2 Å². The Hall–Kier alpha value is -3.16. The number of amides is 1. The van der Waals surface area contributed by atoms with Gasteiger partial charge in [-0.05, 0) is 31.0 Å². The molecule has 6 nitrogen and oxygen atoms in total. The molecule has 188 valence electrons. The van der Waals surface area contributed by atoms with Gasteiger partial charge in [0.15, 0.2) is 5.69 Å². The monoisotopic (exact) mass is 528 g/mol. The van der Waals surface area contributed by atoms with Crippen molar-refractivity contribution in [1.29, 1.82) is 0 Å². The Morgan fingerprint density at radius 2 is 1.80 bits per heavy atom. The number of oxazole rings is 1. The zero-order valence-corrected chi connectivity index (χ0v) is 18.1. The van der Waals surface area contributed by atoms with E-state index in [9.17, 15) is 39.9 Å². The lowest BCUT2D eigenvalue weighted by molar-refractivity contribution is -0.292. The van der Waals surface area contributed by atoms with Gasteiger partial charge in [0.25, 0.3) is 5.91 Å². The van der Waals surface area contributed by atoms with E-state index in [0.717, 1.165) is 19.9 Å². The van der Waals surface area contributed by atoms with E-state index in [2.05, 4.69) is 15.4 Å². The normalized spacial score (nSPS) is 14.9. The van der Waals surface area contributed by atoms with Gasteiger partial charge < -0.3 is 9.73 Å². The number of hydrogen-bond acceptors (Lipinski definition) is 4. The van der Waals surface area contributed by atoms with Crippen LogP contribution < -0.4 is 5.32 Å². The Morgan fingerprint density at radius 3 is 2.37 bits per heavy atom. The van der Waals surface area contributed by atoms with Gasteiger partial charge in [-0.2, -0.15) is 40.2 Å². The summed E-state index contributed by atoms with van der Waals surface area (Å²) in [7, 11) is 0.761. The maximum Gasteiger partial charge on any atom is 0.459 e. The van der Waals surface area contributed by atoms with Gasteiger partial charge in [0.05, 0.1) is 10.6 Å². The molecule has 1 N–H and O–H groups in total. The van der Waals surface area contributed by atoms with E-state index in [1.165, 1.54) is 18.2 Å². The summed E-state index contributed by atoms with van der Waals surface area (Å²) in [5.74, 6) is -6.73. The van der Waals surface area contributed by atoms with E-state index in [-0.39, 0.29) is 32.8 Å². The van der Waals surface area contributed by atoms with Crippen molar-refractivity contribution in [2.75, 3.05) is 0 Å². The summed E-state index contributed by atoms with van der Waals surface area (Å²) >= 11 is 6.05. The molecule has 2 aromatic heterocycles. The number of nitrogens with zero attached hydrogens (tertiary/aromatic N) is 3. The molecular formula is C20H13ClF8N4O2. The lowest BCUT2D eigenvalue weighted by Gasteiger charge is -2.19. The quantitative estimate of drug-likeness (QED) is 0.415. The fourth-order valence-electron chi connectivity index (χ4n) is 3.28. The number of carbonyl (C=O) groups is 1. The first-order chi connectivity index (χ1) is 16.1. The number of aryl methyl sites for hydroxylation is 1. The molecule has 0 aliphatic heterocycles. The molecule has 0 radical (unpaired) electrons. The number of aromatic nitrogens is 3. The van der Waals surface area contributed by atoms with Crippen LogP contribution in [0.2, 0.25) is 5.02 Å². The molecule has 0 saturated heterocycles. The van der Waals surface area contributed by atoms with E-state index in [4.69, 9.17) is 16.0 Å². The highest BCUT2D eigenvalue weighted by Gasteiger charge is 2.64. The van der Waals surface area contributed by atoms with E-state index in [1.54, 1.807) is 0 Å². The number of carbonyl (C=O) groups excluding carboxylic acids is 1. The van der Waals surface area contributed by atoms with E-state index < -0.39 is 46.8 Å². The minimum absolute atomic E-state index is 0.00483. The van der Waals surface area contributed by atoms with Crippen molar-refractivity contribution >= 4 is 17.5 Å². The Balaban J connectivity index is 1.79. The summed E-state index contributed by atoms with van der Waals surface area (Å²) in [4.78, 5) is 16.2. The van der Waals surface area contributed by atoms with Gasteiger partial charge in [0, 0.05) is 18.7 Å². The van der Waals surface area contributed by atoms with Crippen LogP contribution in [-0.4, -0.2) is 32.9 Å². The molecule has 1 aliphatic carbocycles. The summed E-state index contributed by atoms with van der Waals surface area (Å²) in [6.07, 6.45) is -9.72. The van der Waals surface area contributed by atoms with Crippen LogP contribution in [-0.2, 0) is 19.1 Å². The molecule has 4 rings (SSSR count). The second kappa shape index (κ2) is 8.21. The summed E-state index contributed by atoms with van der Waals surface area (Å²) < 4.78 is 113. The van der Waals surface area contributed by atoms with E-state index in [1.807, 2.05) is 0 Å². The number of hydrogen-bond donors (Lipinski definition) is 1. The number of rotatable bonds is 5. The zero-order chi connectivity index (χ0) is 25.9. The molecule has 0 atom stereocenters. The second-order valence-corrected chi connectivity index (χ2v) is 8.15. The smallest absolute Gasteiger partial charge is 0.444 e. The average Bonchev–Trinajstić information content (AvgIpc) is 3.27. The minimum atomic E-state index is -6.33. The minimum Gasteiger partial charge on any atom is -0.444 e. The van der Waals surface area contributed by atoms with Crippen LogP contribution in [0.4, 0.5) is 35.1 Å². The van der Waals surface area contributed by atoms with Crippen LogP contribution in [0.3, 0.4) is 0 Å². The SMILES string of the molecule is Cn1nc(C(F)(F)C(F)(F)F)c(C(F)(F)F)c1-c1coc(-c2ccc(Cl)c(C(=O)NC3CC3)c2)n1. The summed E-state index contributed by atoms with van der Waals surface area (Å²) in [5, 5.41) is 5.61. The number of benzene rings is 1. The fourth-order valence-corrected chi connectivity index (χ4v) is 3.48. The molecule has 0 unspecified atom stereocenters. The van der Waals surface area contributed by atoms with Crippen molar-refractivity contribution in [3.63, 3.8) is 0 Å². The topological polar surface area (TPSA) is 73.0 Å². The van der Waals surface area contributed by atoms with Crippen molar-refractivity contribution in [3.05, 3.63) is 46.3 Å². The third-order valence-electron chi connectivity index (χ3n) is 5.10. The van der Waals surface area contributed by atoms with Crippen molar-refractivity contribution in [2.24, 2.45) is 7.05 Å². The first-order valence-electron chi connectivity index (χ1n) is 9.77. The molecule has 15 heteroatoms. The van der Waals surface area contributed by atoms with Gasteiger partial charge >= 0.3 is 18.3 Å². The van der Waals surface area contributed by atoms with Gasteiger partial charge in [0.2, 0.25) is 5.89 Å². The zero-order valence-electron chi connectivity index (χ0n) is 17.4. The highest BCUT2D eigenvalue weighted by atomic mass is 35.5. The summed E-state index contributed by atoms with van der Waals surface area (Å²) in [6, 6.07) is 3.91. The van der Waals surface area contributed by atoms with E-state index in [0.29, 0.717) is 6.26 Å². The maximum absolute atomic E-state index is 13.9. The number of nitrogens with one attached hydrogen (secondary N) is 1. The lowest BCUT2D eigenvalue weighted by atomic mass is 10.1. The van der Waals surface area contributed by atoms with Crippen LogP contribution in [0.25, 0.3) is 22.8 Å². The van der Waals surface area contributed by atoms with Gasteiger partial charge in [-0.3, -0.25) is 9.48 Å².